The van der Waals surface area contributed by atoms with Crippen molar-refractivity contribution in [3.63, 3.8) is 0 Å². The van der Waals surface area contributed by atoms with E-state index in [1.807, 2.05) is 6.92 Å². The molecule has 98 valence electrons. The van der Waals surface area contributed by atoms with Gasteiger partial charge in [-0.25, -0.2) is 9.97 Å². The van der Waals surface area contributed by atoms with Gasteiger partial charge in [-0.3, -0.25) is 10.1 Å². The molecule has 0 amide bonds. The maximum atomic E-state index is 10.6. The third-order valence-electron chi connectivity index (χ3n) is 3.14. The van der Waals surface area contributed by atoms with Crippen molar-refractivity contribution in [1.29, 1.82) is 0 Å². The van der Waals surface area contributed by atoms with Crippen molar-refractivity contribution in [3.8, 4) is 0 Å². The van der Waals surface area contributed by atoms with Crippen LogP contribution in [0.25, 0.3) is 0 Å². The number of likely N-dealkylation sites (N-methyl/N-ethyl adjacent to an activating group) is 1. The van der Waals surface area contributed by atoms with Gasteiger partial charge in [-0.05, 0) is 26.3 Å². The number of hydrogen-bond acceptors (Lipinski definition) is 6. The molecule has 0 radical (unpaired) electrons. The van der Waals surface area contributed by atoms with E-state index in [1.165, 1.54) is 12.4 Å². The van der Waals surface area contributed by atoms with Crippen LogP contribution in [0.2, 0.25) is 0 Å². The molecule has 0 bridgehead atoms. The Kier molecular flexibility index (Phi) is 4.03. The van der Waals surface area contributed by atoms with Crippen LogP contribution in [0.15, 0.2) is 12.4 Å². The third-order valence-corrected chi connectivity index (χ3v) is 3.14. The van der Waals surface area contributed by atoms with Crippen molar-refractivity contribution in [1.82, 2.24) is 15.3 Å². The molecule has 1 aromatic heterocycles. The van der Waals surface area contributed by atoms with E-state index in [0.717, 1.165) is 32.5 Å². The molecular weight excluding hydrogens is 234 g/mol. The largest absolute Gasteiger partial charge is 0.337 e. The molecule has 7 nitrogen and oxygen atoms in total. The summed E-state index contributed by atoms with van der Waals surface area (Å²) in [6, 6.07) is 0.366. The third kappa shape index (κ3) is 2.73. The first-order chi connectivity index (χ1) is 8.72. The second-order valence-corrected chi connectivity index (χ2v) is 4.28. The van der Waals surface area contributed by atoms with Crippen LogP contribution in [0, 0.1) is 10.1 Å². The van der Waals surface area contributed by atoms with E-state index in [-0.39, 0.29) is 5.69 Å². The first-order valence-electron chi connectivity index (χ1n) is 6.16. The zero-order chi connectivity index (χ0) is 13.0. The summed E-state index contributed by atoms with van der Waals surface area (Å²) in [6.07, 6.45) is 4.76. The Balaban J connectivity index is 2.13. The predicted octanol–water partition coefficient (Wildman–Crippen LogP) is 0.963. The number of hydrogen-bond donors (Lipinski definition) is 1. The lowest BCUT2D eigenvalue weighted by atomic mass is 10.1. The molecule has 1 saturated heterocycles. The van der Waals surface area contributed by atoms with Gasteiger partial charge in [0.2, 0.25) is 5.95 Å². The summed E-state index contributed by atoms with van der Waals surface area (Å²) in [5.41, 5.74) is -0.0726. The molecule has 0 aromatic carbocycles. The molecule has 0 spiro atoms. The van der Waals surface area contributed by atoms with E-state index >= 15 is 0 Å². The Bertz CT molecular complexity index is 402. The number of nitrogens with zero attached hydrogens (tertiary/aromatic N) is 4. The highest BCUT2D eigenvalue weighted by atomic mass is 16.6. The van der Waals surface area contributed by atoms with Crippen molar-refractivity contribution >= 4 is 11.6 Å². The van der Waals surface area contributed by atoms with Crippen molar-refractivity contribution in [2.75, 3.05) is 24.5 Å². The number of nitrogens with one attached hydrogen (secondary N) is 1. The maximum absolute atomic E-state index is 10.6. The highest BCUT2D eigenvalue weighted by Crippen LogP contribution is 2.17. The van der Waals surface area contributed by atoms with Gasteiger partial charge in [0, 0.05) is 19.1 Å². The van der Waals surface area contributed by atoms with E-state index < -0.39 is 4.92 Å². The molecular formula is C11H17N5O2. The van der Waals surface area contributed by atoms with Crippen molar-refractivity contribution < 1.29 is 4.92 Å². The van der Waals surface area contributed by atoms with Crippen molar-refractivity contribution in [2.24, 2.45) is 0 Å². The van der Waals surface area contributed by atoms with Crippen LogP contribution in [-0.4, -0.2) is 40.6 Å². The summed E-state index contributed by atoms with van der Waals surface area (Å²) in [5.74, 6) is 0.566. The van der Waals surface area contributed by atoms with Crippen LogP contribution < -0.4 is 10.2 Å². The zero-order valence-electron chi connectivity index (χ0n) is 10.4. The SMILES string of the molecule is CCN(c1ncc([N+](=O)[O-])cn1)C1CCCNC1. The lowest BCUT2D eigenvalue weighted by Crippen LogP contribution is -2.46. The van der Waals surface area contributed by atoms with E-state index in [4.69, 9.17) is 0 Å². The Hall–Kier alpha value is -1.76. The Morgan fingerprint density at radius 2 is 2.28 bits per heavy atom. The molecule has 7 heteroatoms. The topological polar surface area (TPSA) is 84.2 Å². The molecule has 2 rings (SSSR count). The fourth-order valence-corrected chi connectivity index (χ4v) is 2.22. The van der Waals surface area contributed by atoms with Crippen LogP contribution in [-0.2, 0) is 0 Å². The minimum atomic E-state index is -0.484. The molecule has 2 heterocycles. The number of rotatable bonds is 4. The highest BCUT2D eigenvalue weighted by molar-refractivity contribution is 5.35. The fourth-order valence-electron chi connectivity index (χ4n) is 2.22. The van der Waals surface area contributed by atoms with Crippen molar-refractivity contribution in [2.45, 2.75) is 25.8 Å². The lowest BCUT2D eigenvalue weighted by molar-refractivity contribution is -0.385. The minimum Gasteiger partial charge on any atom is -0.337 e. The summed E-state index contributed by atoms with van der Waals surface area (Å²) in [5, 5.41) is 13.9. The van der Waals surface area contributed by atoms with Gasteiger partial charge in [0.05, 0.1) is 4.92 Å². The Morgan fingerprint density at radius 3 is 2.78 bits per heavy atom. The van der Waals surface area contributed by atoms with Crippen molar-refractivity contribution in [3.05, 3.63) is 22.5 Å². The molecule has 18 heavy (non-hydrogen) atoms. The lowest BCUT2D eigenvalue weighted by Gasteiger charge is -2.33. The fraction of sp³-hybridized carbons (Fsp3) is 0.636. The molecule has 1 aromatic rings. The quantitative estimate of drug-likeness (QED) is 0.634. The maximum Gasteiger partial charge on any atom is 0.305 e. The van der Waals surface area contributed by atoms with Crippen LogP contribution in [0.3, 0.4) is 0 Å². The number of piperidine rings is 1. The second kappa shape index (κ2) is 5.72. The first-order valence-corrected chi connectivity index (χ1v) is 6.16. The van der Waals surface area contributed by atoms with E-state index in [2.05, 4.69) is 20.2 Å². The van der Waals surface area contributed by atoms with Crippen LogP contribution in [0.5, 0.6) is 0 Å². The van der Waals surface area contributed by atoms with Gasteiger partial charge in [0.25, 0.3) is 0 Å². The van der Waals surface area contributed by atoms with E-state index in [9.17, 15) is 10.1 Å². The minimum absolute atomic E-state index is 0.0726. The molecule has 1 N–H and O–H groups in total. The van der Waals surface area contributed by atoms with E-state index in [1.54, 1.807) is 0 Å². The average molecular weight is 251 g/mol. The average Bonchev–Trinajstić information content (AvgIpc) is 2.41. The Morgan fingerprint density at radius 1 is 1.56 bits per heavy atom. The molecule has 1 aliphatic heterocycles. The van der Waals surface area contributed by atoms with Crippen LogP contribution in [0.4, 0.5) is 11.6 Å². The molecule has 1 atom stereocenters. The summed E-state index contributed by atoms with van der Waals surface area (Å²) in [4.78, 5) is 20.3. The molecule has 0 aliphatic carbocycles. The summed E-state index contributed by atoms with van der Waals surface area (Å²) >= 11 is 0. The van der Waals surface area contributed by atoms with Gasteiger partial charge in [0.15, 0.2) is 0 Å². The smallest absolute Gasteiger partial charge is 0.305 e. The molecule has 1 fully saturated rings. The van der Waals surface area contributed by atoms with Crippen LogP contribution in [0.1, 0.15) is 19.8 Å². The number of aromatic nitrogens is 2. The molecule has 1 unspecified atom stereocenters. The van der Waals surface area contributed by atoms with Gasteiger partial charge in [-0.2, -0.15) is 0 Å². The van der Waals surface area contributed by atoms with Gasteiger partial charge < -0.3 is 10.2 Å². The first kappa shape index (κ1) is 12.7. The molecule has 0 saturated carbocycles. The standard InChI is InChI=1S/C11H17N5O2/c1-2-15(9-4-3-5-12-6-9)11-13-7-10(8-14-11)16(17)18/h7-9,12H,2-6H2,1H3. The van der Waals surface area contributed by atoms with Crippen LogP contribution >= 0.6 is 0 Å². The van der Waals surface area contributed by atoms with E-state index in [0.29, 0.717) is 12.0 Å². The predicted molar refractivity (Wildman–Crippen MR) is 67.6 cm³/mol. The number of nitro groups is 1. The van der Waals surface area contributed by atoms with Gasteiger partial charge >= 0.3 is 5.69 Å². The zero-order valence-corrected chi connectivity index (χ0v) is 10.4. The normalized spacial score (nSPS) is 19.5. The monoisotopic (exact) mass is 251 g/mol. The summed E-state index contributed by atoms with van der Waals surface area (Å²) in [6.45, 7) is 4.80. The number of anilines is 1. The summed E-state index contributed by atoms with van der Waals surface area (Å²) in [7, 11) is 0. The second-order valence-electron chi connectivity index (χ2n) is 4.28. The Labute approximate surface area is 105 Å². The van der Waals surface area contributed by atoms with Gasteiger partial charge in [-0.15, -0.1) is 0 Å². The van der Waals surface area contributed by atoms with Gasteiger partial charge in [0.1, 0.15) is 12.4 Å². The van der Waals surface area contributed by atoms with Gasteiger partial charge in [-0.1, -0.05) is 0 Å². The molecule has 1 aliphatic rings. The summed E-state index contributed by atoms with van der Waals surface area (Å²) < 4.78 is 0. The highest BCUT2D eigenvalue weighted by Gasteiger charge is 2.22.